The zero-order valence-corrected chi connectivity index (χ0v) is 11.4. The average Bonchev–Trinajstić information content (AvgIpc) is 2.42. The van der Waals surface area contributed by atoms with Gasteiger partial charge < -0.3 is 9.47 Å². The molecule has 0 aromatic carbocycles. The topological polar surface area (TPSA) is 52.6 Å². The third kappa shape index (κ3) is 4.31. The van der Waals surface area contributed by atoms with Crippen LogP contribution in [0.4, 0.5) is 0 Å². The Bertz CT molecular complexity index is 247. The molecule has 2 atom stereocenters. The zero-order chi connectivity index (χ0) is 13.4. The van der Waals surface area contributed by atoms with Gasteiger partial charge in [0.15, 0.2) is 0 Å². The lowest BCUT2D eigenvalue weighted by atomic mass is 9.79. The van der Waals surface area contributed by atoms with Crippen molar-refractivity contribution in [2.24, 2.45) is 11.8 Å². The lowest BCUT2D eigenvalue weighted by Gasteiger charge is -2.28. The molecule has 0 radical (unpaired) electrons. The lowest BCUT2D eigenvalue weighted by molar-refractivity contribution is -0.162. The number of carbonyl (C=O) groups is 2. The SMILES string of the molecule is CCCOC(=O)[C@H]1CCCC[C@H]1C(=O)OCCC. The first-order valence-electron chi connectivity index (χ1n) is 7.04. The predicted octanol–water partition coefficient (Wildman–Crippen LogP) is 2.70. The lowest BCUT2D eigenvalue weighted by Crippen LogP contribution is -2.35. The molecule has 0 aromatic heterocycles. The molecule has 0 N–H and O–H groups in total. The Kier molecular flexibility index (Phi) is 6.76. The van der Waals surface area contributed by atoms with E-state index in [2.05, 4.69) is 0 Å². The van der Waals surface area contributed by atoms with E-state index in [1.54, 1.807) is 0 Å². The Labute approximate surface area is 109 Å². The molecule has 0 unspecified atom stereocenters. The summed E-state index contributed by atoms with van der Waals surface area (Å²) < 4.78 is 10.3. The van der Waals surface area contributed by atoms with E-state index < -0.39 is 0 Å². The molecule has 1 aliphatic carbocycles. The van der Waals surface area contributed by atoms with Gasteiger partial charge in [0.1, 0.15) is 0 Å². The highest BCUT2D eigenvalue weighted by Crippen LogP contribution is 2.32. The van der Waals surface area contributed by atoms with E-state index >= 15 is 0 Å². The van der Waals surface area contributed by atoms with Gasteiger partial charge in [-0.3, -0.25) is 9.59 Å². The minimum Gasteiger partial charge on any atom is -0.465 e. The van der Waals surface area contributed by atoms with E-state index in [0.717, 1.165) is 38.5 Å². The summed E-state index contributed by atoms with van der Waals surface area (Å²) in [5.74, 6) is -1.05. The molecule has 4 heteroatoms. The summed E-state index contributed by atoms with van der Waals surface area (Å²) in [7, 11) is 0. The highest BCUT2D eigenvalue weighted by Gasteiger charge is 2.37. The van der Waals surface area contributed by atoms with Crippen molar-refractivity contribution in [2.45, 2.75) is 52.4 Å². The molecule has 0 bridgehead atoms. The van der Waals surface area contributed by atoms with Gasteiger partial charge in [0, 0.05) is 0 Å². The summed E-state index contributed by atoms with van der Waals surface area (Å²) in [5.41, 5.74) is 0. The maximum atomic E-state index is 11.9. The molecule has 0 saturated heterocycles. The van der Waals surface area contributed by atoms with Crippen molar-refractivity contribution >= 4 is 11.9 Å². The molecule has 1 fully saturated rings. The van der Waals surface area contributed by atoms with E-state index in [9.17, 15) is 9.59 Å². The smallest absolute Gasteiger partial charge is 0.309 e. The molecule has 0 aromatic rings. The van der Waals surface area contributed by atoms with Gasteiger partial charge in [0.25, 0.3) is 0 Å². The van der Waals surface area contributed by atoms with Gasteiger partial charge in [-0.25, -0.2) is 0 Å². The van der Waals surface area contributed by atoms with Gasteiger partial charge in [-0.15, -0.1) is 0 Å². The zero-order valence-electron chi connectivity index (χ0n) is 11.4. The predicted molar refractivity (Wildman–Crippen MR) is 67.9 cm³/mol. The summed E-state index contributed by atoms with van der Waals surface area (Å²) in [4.78, 5) is 23.8. The number of carbonyl (C=O) groups excluding carboxylic acids is 2. The number of rotatable bonds is 6. The fourth-order valence-electron chi connectivity index (χ4n) is 2.31. The average molecular weight is 256 g/mol. The van der Waals surface area contributed by atoms with Crippen LogP contribution < -0.4 is 0 Å². The van der Waals surface area contributed by atoms with Gasteiger partial charge in [0.2, 0.25) is 0 Å². The van der Waals surface area contributed by atoms with Crippen LogP contribution in [0.1, 0.15) is 52.4 Å². The molecule has 0 aliphatic heterocycles. The van der Waals surface area contributed by atoms with Crippen molar-refractivity contribution in [3.05, 3.63) is 0 Å². The Hall–Kier alpha value is -1.06. The minimum atomic E-state index is -0.297. The molecule has 1 rings (SSSR count). The highest BCUT2D eigenvalue weighted by atomic mass is 16.5. The first-order valence-corrected chi connectivity index (χ1v) is 7.04. The summed E-state index contributed by atoms with van der Waals surface area (Å²) in [6.45, 7) is 4.79. The van der Waals surface area contributed by atoms with Crippen LogP contribution in [0.3, 0.4) is 0 Å². The van der Waals surface area contributed by atoms with Crippen molar-refractivity contribution in [1.82, 2.24) is 0 Å². The third-order valence-electron chi connectivity index (χ3n) is 3.27. The van der Waals surface area contributed by atoms with Crippen LogP contribution in [0.15, 0.2) is 0 Å². The van der Waals surface area contributed by atoms with Crippen LogP contribution in [0, 0.1) is 11.8 Å². The van der Waals surface area contributed by atoms with Crippen molar-refractivity contribution in [1.29, 1.82) is 0 Å². The van der Waals surface area contributed by atoms with Crippen molar-refractivity contribution in [2.75, 3.05) is 13.2 Å². The number of esters is 2. The van der Waals surface area contributed by atoms with E-state index in [1.807, 2.05) is 13.8 Å². The van der Waals surface area contributed by atoms with E-state index in [-0.39, 0.29) is 23.8 Å². The van der Waals surface area contributed by atoms with Crippen LogP contribution in [-0.2, 0) is 19.1 Å². The highest BCUT2D eigenvalue weighted by molar-refractivity contribution is 5.82. The Balaban J connectivity index is 2.55. The summed E-state index contributed by atoms with van der Waals surface area (Å²) in [6, 6.07) is 0. The standard InChI is InChI=1S/C14H24O4/c1-3-9-17-13(15)11-7-5-6-8-12(11)14(16)18-10-4-2/h11-12H,3-10H2,1-2H3/t11-,12+. The van der Waals surface area contributed by atoms with E-state index in [1.165, 1.54) is 0 Å². The van der Waals surface area contributed by atoms with Gasteiger partial charge in [0.05, 0.1) is 25.0 Å². The van der Waals surface area contributed by atoms with Crippen LogP contribution >= 0.6 is 0 Å². The molecule has 18 heavy (non-hydrogen) atoms. The summed E-state index contributed by atoms with van der Waals surface area (Å²) >= 11 is 0. The van der Waals surface area contributed by atoms with Crippen molar-refractivity contribution in [3.63, 3.8) is 0 Å². The van der Waals surface area contributed by atoms with Crippen LogP contribution in [0.25, 0.3) is 0 Å². The second-order valence-electron chi connectivity index (χ2n) is 4.83. The first-order chi connectivity index (χ1) is 8.70. The summed E-state index contributed by atoms with van der Waals surface area (Å²) in [5, 5.41) is 0. The molecular formula is C14H24O4. The number of hydrogen-bond acceptors (Lipinski definition) is 4. The second-order valence-corrected chi connectivity index (χ2v) is 4.83. The van der Waals surface area contributed by atoms with E-state index in [4.69, 9.17) is 9.47 Å². The molecular weight excluding hydrogens is 232 g/mol. The fourth-order valence-corrected chi connectivity index (χ4v) is 2.31. The first kappa shape index (κ1) is 15.0. The molecule has 104 valence electrons. The Morgan fingerprint density at radius 2 is 1.28 bits per heavy atom. The van der Waals surface area contributed by atoms with Gasteiger partial charge in [-0.05, 0) is 25.7 Å². The maximum absolute atomic E-state index is 11.9. The Morgan fingerprint density at radius 3 is 1.61 bits per heavy atom. The Morgan fingerprint density at radius 1 is 0.889 bits per heavy atom. The number of hydrogen-bond donors (Lipinski definition) is 0. The van der Waals surface area contributed by atoms with Gasteiger partial charge in [-0.2, -0.15) is 0 Å². The van der Waals surface area contributed by atoms with Gasteiger partial charge >= 0.3 is 11.9 Å². The fraction of sp³-hybridized carbons (Fsp3) is 0.857. The van der Waals surface area contributed by atoms with Crippen LogP contribution in [0.5, 0.6) is 0 Å². The molecule has 4 nitrogen and oxygen atoms in total. The van der Waals surface area contributed by atoms with Gasteiger partial charge in [-0.1, -0.05) is 26.7 Å². The summed E-state index contributed by atoms with van der Waals surface area (Å²) in [6.07, 6.45) is 5.09. The molecule has 0 heterocycles. The second kappa shape index (κ2) is 8.11. The molecule has 0 spiro atoms. The van der Waals surface area contributed by atoms with Crippen molar-refractivity contribution < 1.29 is 19.1 Å². The van der Waals surface area contributed by atoms with Crippen LogP contribution in [-0.4, -0.2) is 25.2 Å². The van der Waals surface area contributed by atoms with Crippen molar-refractivity contribution in [3.8, 4) is 0 Å². The largest absolute Gasteiger partial charge is 0.465 e. The monoisotopic (exact) mass is 256 g/mol. The molecule has 1 saturated carbocycles. The normalized spacial score (nSPS) is 23.4. The maximum Gasteiger partial charge on any atom is 0.309 e. The quantitative estimate of drug-likeness (QED) is 0.686. The van der Waals surface area contributed by atoms with Crippen LogP contribution in [0.2, 0.25) is 0 Å². The third-order valence-corrected chi connectivity index (χ3v) is 3.27. The molecule has 1 aliphatic rings. The molecule has 0 amide bonds. The van der Waals surface area contributed by atoms with E-state index in [0.29, 0.717) is 13.2 Å². The number of ether oxygens (including phenoxy) is 2. The minimum absolute atomic E-state index is 0.227.